The summed E-state index contributed by atoms with van der Waals surface area (Å²) in [6.07, 6.45) is 1.28. The van der Waals surface area contributed by atoms with Crippen molar-refractivity contribution < 1.29 is 14.7 Å². The van der Waals surface area contributed by atoms with E-state index in [0.29, 0.717) is 10.6 Å². The summed E-state index contributed by atoms with van der Waals surface area (Å²) in [7, 11) is 0. The van der Waals surface area contributed by atoms with Gasteiger partial charge in [0.25, 0.3) is 0 Å². The van der Waals surface area contributed by atoms with Gasteiger partial charge >= 0.3 is 0 Å². The summed E-state index contributed by atoms with van der Waals surface area (Å²) < 4.78 is 0.772. The maximum Gasteiger partial charge on any atom is 0.247 e. The van der Waals surface area contributed by atoms with Crippen LogP contribution in [0.2, 0.25) is 0 Å². The number of rotatable bonds is 6. The van der Waals surface area contributed by atoms with Crippen molar-refractivity contribution in [2.45, 2.75) is 6.42 Å². The highest BCUT2D eigenvalue weighted by atomic mass is 79.9. The van der Waals surface area contributed by atoms with Crippen LogP contribution in [0.15, 0.2) is 27.8 Å². The van der Waals surface area contributed by atoms with E-state index in [9.17, 15) is 14.7 Å². The van der Waals surface area contributed by atoms with E-state index in [1.165, 1.54) is 12.3 Å². The van der Waals surface area contributed by atoms with E-state index in [-0.39, 0.29) is 23.2 Å². The second kappa shape index (κ2) is 8.71. The minimum Gasteiger partial charge on any atom is -0.507 e. The van der Waals surface area contributed by atoms with E-state index >= 15 is 0 Å². The van der Waals surface area contributed by atoms with Crippen molar-refractivity contribution in [3.8, 4) is 5.75 Å². The fourth-order valence-corrected chi connectivity index (χ4v) is 2.71. The van der Waals surface area contributed by atoms with Crippen molar-refractivity contribution in [3.05, 3.63) is 33.2 Å². The average molecular weight is 433 g/mol. The lowest BCUT2D eigenvalue weighted by Gasteiger charge is -2.00. The quantitative estimate of drug-likeness (QED) is 0.366. The van der Waals surface area contributed by atoms with E-state index in [1.54, 1.807) is 12.1 Å². The molecule has 0 unspecified atom stereocenters. The van der Waals surface area contributed by atoms with Crippen LogP contribution in [0.1, 0.15) is 10.6 Å². The molecule has 0 fully saturated rings. The SMILES string of the molecule is O=C(Cc1nnc(NC(=O)CCl)s1)N/N=C\c1cc(Br)ccc1O. The Morgan fingerprint density at radius 1 is 1.38 bits per heavy atom. The van der Waals surface area contributed by atoms with Gasteiger partial charge in [-0.2, -0.15) is 5.10 Å². The van der Waals surface area contributed by atoms with Crippen molar-refractivity contribution in [1.29, 1.82) is 0 Å². The number of amides is 2. The lowest BCUT2D eigenvalue weighted by molar-refractivity contribution is -0.120. The maximum atomic E-state index is 11.8. The normalized spacial score (nSPS) is 10.8. The predicted octanol–water partition coefficient (Wildman–Crippen LogP) is 1.88. The van der Waals surface area contributed by atoms with E-state index in [0.717, 1.165) is 15.8 Å². The highest BCUT2D eigenvalue weighted by Gasteiger charge is 2.10. The van der Waals surface area contributed by atoms with Gasteiger partial charge in [0.15, 0.2) is 0 Å². The van der Waals surface area contributed by atoms with Crippen molar-refractivity contribution in [2.24, 2.45) is 5.10 Å². The maximum absolute atomic E-state index is 11.8. The van der Waals surface area contributed by atoms with Gasteiger partial charge in [0.2, 0.25) is 16.9 Å². The smallest absolute Gasteiger partial charge is 0.247 e. The molecule has 0 bridgehead atoms. The summed E-state index contributed by atoms with van der Waals surface area (Å²) in [5.74, 6) is -0.957. The molecule has 1 aromatic carbocycles. The number of halogens is 2. The summed E-state index contributed by atoms with van der Waals surface area (Å²) in [6.45, 7) is 0. The number of aromatic hydroxyl groups is 1. The number of nitrogens with one attached hydrogen (secondary N) is 2. The molecule has 3 N–H and O–H groups in total. The summed E-state index contributed by atoms with van der Waals surface area (Å²) >= 11 is 9.71. The number of carbonyl (C=O) groups excluding carboxylic acids is 2. The molecule has 1 aromatic heterocycles. The number of benzene rings is 1. The van der Waals surface area contributed by atoms with Gasteiger partial charge in [0.1, 0.15) is 16.6 Å². The minimum absolute atomic E-state index is 0.0417. The highest BCUT2D eigenvalue weighted by Crippen LogP contribution is 2.20. The molecule has 0 aliphatic rings. The Morgan fingerprint density at radius 2 is 2.17 bits per heavy atom. The number of phenols is 1. The van der Waals surface area contributed by atoms with E-state index < -0.39 is 11.8 Å². The van der Waals surface area contributed by atoms with Crippen LogP contribution in [-0.4, -0.2) is 39.2 Å². The Labute approximate surface area is 154 Å². The van der Waals surface area contributed by atoms with Crippen LogP contribution in [0.5, 0.6) is 5.75 Å². The lowest BCUT2D eigenvalue weighted by atomic mass is 10.2. The van der Waals surface area contributed by atoms with Crippen molar-refractivity contribution in [2.75, 3.05) is 11.2 Å². The monoisotopic (exact) mass is 431 g/mol. The number of alkyl halides is 1. The van der Waals surface area contributed by atoms with E-state index in [2.05, 4.69) is 42.0 Å². The molecule has 11 heteroatoms. The van der Waals surface area contributed by atoms with Crippen molar-refractivity contribution in [1.82, 2.24) is 15.6 Å². The van der Waals surface area contributed by atoms with Gasteiger partial charge in [-0.3, -0.25) is 14.9 Å². The molecule has 24 heavy (non-hydrogen) atoms. The largest absolute Gasteiger partial charge is 0.507 e. The molecule has 2 aromatic rings. The van der Waals surface area contributed by atoms with Gasteiger partial charge < -0.3 is 5.11 Å². The number of aromatic nitrogens is 2. The Balaban J connectivity index is 1.88. The fraction of sp³-hybridized carbons (Fsp3) is 0.154. The first-order valence-electron chi connectivity index (χ1n) is 6.46. The molecule has 126 valence electrons. The Bertz CT molecular complexity index is 783. The first-order valence-corrected chi connectivity index (χ1v) is 8.61. The zero-order chi connectivity index (χ0) is 17.5. The Morgan fingerprint density at radius 3 is 2.92 bits per heavy atom. The molecule has 0 aliphatic carbocycles. The molecule has 0 saturated heterocycles. The fourth-order valence-electron chi connectivity index (χ4n) is 1.51. The van der Waals surface area contributed by atoms with Crippen LogP contribution < -0.4 is 10.7 Å². The molecule has 2 amide bonds. The summed E-state index contributed by atoms with van der Waals surface area (Å²) in [4.78, 5) is 22.9. The van der Waals surface area contributed by atoms with Gasteiger partial charge in [0.05, 0.1) is 12.6 Å². The number of hydrazone groups is 1. The van der Waals surface area contributed by atoms with E-state index in [1.807, 2.05) is 0 Å². The lowest BCUT2D eigenvalue weighted by Crippen LogP contribution is -2.19. The minimum atomic E-state index is -0.410. The topological polar surface area (TPSA) is 117 Å². The number of nitrogens with zero attached hydrogens (tertiary/aromatic N) is 3. The second-order valence-corrected chi connectivity index (χ2v) is 6.60. The zero-order valence-corrected chi connectivity index (χ0v) is 15.2. The first-order chi connectivity index (χ1) is 11.5. The Kier molecular flexibility index (Phi) is 6.64. The molecule has 8 nitrogen and oxygen atoms in total. The number of hydrogen-bond donors (Lipinski definition) is 3. The molecular formula is C13H11BrClN5O3S. The third kappa shape index (κ3) is 5.55. The van der Waals surface area contributed by atoms with Gasteiger partial charge in [0, 0.05) is 10.0 Å². The summed E-state index contributed by atoms with van der Waals surface area (Å²) in [5, 5.41) is 24.1. The number of hydrogen-bond acceptors (Lipinski definition) is 7. The van der Waals surface area contributed by atoms with Crippen LogP contribution in [0, 0.1) is 0 Å². The average Bonchev–Trinajstić information content (AvgIpc) is 2.97. The molecule has 0 aliphatic heterocycles. The van der Waals surface area contributed by atoms with Crippen LogP contribution in [0.3, 0.4) is 0 Å². The van der Waals surface area contributed by atoms with Gasteiger partial charge in [-0.15, -0.1) is 21.8 Å². The number of carbonyl (C=O) groups is 2. The van der Waals surface area contributed by atoms with Crippen LogP contribution >= 0.6 is 38.9 Å². The summed E-state index contributed by atoms with van der Waals surface area (Å²) in [5.41, 5.74) is 2.77. The van der Waals surface area contributed by atoms with Gasteiger partial charge in [-0.1, -0.05) is 27.3 Å². The molecule has 2 rings (SSSR count). The number of anilines is 1. The Hall–Kier alpha value is -2.04. The summed E-state index contributed by atoms with van der Waals surface area (Å²) in [6, 6.07) is 4.84. The van der Waals surface area contributed by atoms with Crippen molar-refractivity contribution >= 4 is 62.0 Å². The van der Waals surface area contributed by atoms with Gasteiger partial charge in [-0.05, 0) is 18.2 Å². The first kappa shape index (κ1) is 18.3. The van der Waals surface area contributed by atoms with Gasteiger partial charge in [-0.25, -0.2) is 5.43 Å². The number of phenolic OH excluding ortho intramolecular Hbond substituents is 1. The van der Waals surface area contributed by atoms with Crippen LogP contribution in [0.4, 0.5) is 5.13 Å². The van der Waals surface area contributed by atoms with E-state index in [4.69, 9.17) is 11.6 Å². The molecule has 0 atom stereocenters. The molecule has 1 heterocycles. The zero-order valence-electron chi connectivity index (χ0n) is 12.0. The third-order valence-electron chi connectivity index (χ3n) is 2.53. The second-order valence-electron chi connectivity index (χ2n) is 4.36. The molecule has 0 spiro atoms. The molecular weight excluding hydrogens is 422 g/mol. The van der Waals surface area contributed by atoms with Crippen LogP contribution in [-0.2, 0) is 16.0 Å². The molecule has 0 saturated carbocycles. The molecule has 0 radical (unpaired) electrons. The van der Waals surface area contributed by atoms with Crippen LogP contribution in [0.25, 0.3) is 0 Å². The third-order valence-corrected chi connectivity index (χ3v) is 4.10. The predicted molar refractivity (Wildman–Crippen MR) is 94.5 cm³/mol. The van der Waals surface area contributed by atoms with Crippen molar-refractivity contribution in [3.63, 3.8) is 0 Å². The highest BCUT2D eigenvalue weighted by molar-refractivity contribution is 9.10. The standard InChI is InChI=1S/C13H11BrClN5O3S/c14-8-1-2-9(21)7(3-8)6-16-18-10(22)4-12-19-20-13(24-12)17-11(23)5-15/h1-3,6,21H,4-5H2,(H,18,22)(H,17,20,23)/b16-6-.